The van der Waals surface area contributed by atoms with Gasteiger partial charge in [-0.05, 0) is 92.8 Å². The summed E-state index contributed by atoms with van der Waals surface area (Å²) in [5, 5.41) is 12.8. The molecule has 0 aliphatic carbocycles. The fourth-order valence-corrected chi connectivity index (χ4v) is 4.60. The summed E-state index contributed by atoms with van der Waals surface area (Å²) in [7, 11) is 0. The molecule has 3 rings (SSSR count). The van der Waals surface area contributed by atoms with Gasteiger partial charge in [0.15, 0.2) is 5.17 Å². The Balaban J connectivity index is 1.89. The molecule has 2 aromatic rings. The lowest BCUT2D eigenvalue weighted by Crippen LogP contribution is -2.19. The first-order valence-electron chi connectivity index (χ1n) is 6.66. The maximum Gasteiger partial charge on any atom is 0.264 e. The van der Waals surface area contributed by atoms with E-state index in [1.165, 1.54) is 6.07 Å². The Morgan fingerprint density at radius 1 is 1.21 bits per heavy atom. The number of aromatic hydroxyl groups is 1. The van der Waals surface area contributed by atoms with Gasteiger partial charge in [-0.15, -0.1) is 0 Å². The summed E-state index contributed by atoms with van der Waals surface area (Å²) < 4.78 is 15.0. The van der Waals surface area contributed by atoms with Crippen LogP contribution in [-0.2, 0) is 4.79 Å². The van der Waals surface area contributed by atoms with E-state index < -0.39 is 5.82 Å². The maximum atomic E-state index is 13.6. The number of para-hydroxylation sites is 1. The van der Waals surface area contributed by atoms with Crippen molar-refractivity contribution in [3.8, 4) is 5.75 Å². The predicted octanol–water partition coefficient (Wildman–Crippen LogP) is 4.63. The number of hydrogen-bond acceptors (Lipinski definition) is 4. The summed E-state index contributed by atoms with van der Waals surface area (Å²) in [5.74, 6) is -0.503. The molecule has 1 heterocycles. The third-order valence-corrected chi connectivity index (χ3v) is 5.62. The monoisotopic (exact) mass is 566 g/mol. The van der Waals surface area contributed by atoms with Crippen molar-refractivity contribution >= 4 is 79.8 Å². The van der Waals surface area contributed by atoms with E-state index in [0.717, 1.165) is 17.3 Å². The van der Waals surface area contributed by atoms with Crippen LogP contribution in [-0.4, -0.2) is 16.2 Å². The minimum atomic E-state index is -0.445. The quantitative estimate of drug-likeness (QED) is 0.412. The molecule has 1 saturated heterocycles. The molecular weight excluding hydrogens is 557 g/mol. The smallest absolute Gasteiger partial charge is 0.264 e. The zero-order chi connectivity index (χ0) is 17.3. The van der Waals surface area contributed by atoms with Crippen LogP contribution in [0.4, 0.5) is 10.1 Å². The van der Waals surface area contributed by atoms with Crippen LogP contribution in [0.1, 0.15) is 5.56 Å². The van der Waals surface area contributed by atoms with Crippen molar-refractivity contribution in [3.05, 3.63) is 59.8 Å². The second kappa shape index (κ2) is 7.40. The third kappa shape index (κ3) is 3.91. The number of thioether (sulfide) groups is 1. The second-order valence-corrected chi connectivity index (χ2v) is 8.12. The predicted molar refractivity (Wildman–Crippen MR) is 111 cm³/mol. The fourth-order valence-electron chi connectivity index (χ4n) is 1.95. The lowest BCUT2D eigenvalue weighted by atomic mass is 10.2. The highest BCUT2D eigenvalue weighted by Gasteiger charge is 2.24. The number of carbonyl (C=O) groups is 1. The zero-order valence-electron chi connectivity index (χ0n) is 11.9. The molecule has 2 aromatic carbocycles. The van der Waals surface area contributed by atoms with Gasteiger partial charge in [0.05, 0.1) is 12.0 Å². The first-order valence-corrected chi connectivity index (χ1v) is 9.63. The number of hydrogen-bond donors (Lipinski definition) is 2. The third-order valence-electron chi connectivity index (χ3n) is 3.06. The lowest BCUT2D eigenvalue weighted by molar-refractivity contribution is -0.115. The molecule has 1 aliphatic heterocycles. The molecule has 0 saturated carbocycles. The van der Waals surface area contributed by atoms with Crippen molar-refractivity contribution in [1.29, 1.82) is 0 Å². The molecule has 122 valence electrons. The molecular formula is C16H9FI2N2O2S. The number of nitrogens with zero attached hydrogens (tertiary/aromatic N) is 1. The van der Waals surface area contributed by atoms with Gasteiger partial charge in [-0.2, -0.15) is 0 Å². The largest absolute Gasteiger partial charge is 0.506 e. The molecule has 0 bridgehead atoms. The number of benzene rings is 2. The van der Waals surface area contributed by atoms with Crippen LogP contribution in [0, 0.1) is 13.0 Å². The van der Waals surface area contributed by atoms with Gasteiger partial charge in [0.2, 0.25) is 0 Å². The first kappa shape index (κ1) is 17.7. The number of halogens is 3. The number of phenols is 1. The van der Waals surface area contributed by atoms with Crippen molar-refractivity contribution in [2.45, 2.75) is 0 Å². The first-order chi connectivity index (χ1) is 11.4. The number of amidine groups is 1. The highest BCUT2D eigenvalue weighted by Crippen LogP contribution is 2.32. The number of amides is 1. The molecule has 0 atom stereocenters. The number of rotatable bonds is 2. The topological polar surface area (TPSA) is 61.7 Å². The number of phenolic OH excluding ortho intramolecular Hbond substituents is 1. The van der Waals surface area contributed by atoms with Crippen LogP contribution in [0.5, 0.6) is 5.75 Å². The Labute approximate surface area is 168 Å². The van der Waals surface area contributed by atoms with Gasteiger partial charge in [-0.25, -0.2) is 9.38 Å². The van der Waals surface area contributed by atoms with E-state index in [1.54, 1.807) is 36.4 Å². The molecule has 4 nitrogen and oxygen atoms in total. The van der Waals surface area contributed by atoms with Gasteiger partial charge < -0.3 is 10.4 Å². The standard InChI is InChI=1S/C16H9FI2N2O2S/c17-9-3-1-2-4-12(9)20-16-21-15(23)13(24-16)7-8-5-10(18)14(22)11(19)6-8/h1-7,22H,(H,20,21,23)/b13-7-. The molecule has 8 heteroatoms. The van der Waals surface area contributed by atoms with Gasteiger partial charge in [-0.3, -0.25) is 4.79 Å². The molecule has 1 fully saturated rings. The average molecular weight is 566 g/mol. The molecule has 1 aliphatic rings. The van der Waals surface area contributed by atoms with Gasteiger partial charge in [0, 0.05) is 0 Å². The second-order valence-electron chi connectivity index (χ2n) is 4.77. The summed E-state index contributed by atoms with van der Waals surface area (Å²) in [6, 6.07) is 9.69. The molecule has 1 amide bonds. The van der Waals surface area contributed by atoms with E-state index in [9.17, 15) is 14.3 Å². The minimum absolute atomic E-state index is 0.176. The van der Waals surface area contributed by atoms with E-state index in [4.69, 9.17) is 0 Å². The van der Waals surface area contributed by atoms with Crippen molar-refractivity contribution in [1.82, 2.24) is 5.32 Å². The summed E-state index contributed by atoms with van der Waals surface area (Å²) >= 11 is 5.22. The summed E-state index contributed by atoms with van der Waals surface area (Å²) in [5.41, 5.74) is 0.974. The van der Waals surface area contributed by atoms with Crippen LogP contribution < -0.4 is 5.32 Å². The Kier molecular flexibility index (Phi) is 5.45. The van der Waals surface area contributed by atoms with E-state index in [2.05, 4.69) is 10.3 Å². The molecule has 24 heavy (non-hydrogen) atoms. The molecule has 0 aromatic heterocycles. The summed E-state index contributed by atoms with van der Waals surface area (Å²) in [6.45, 7) is 0. The normalized spacial score (nSPS) is 17.5. The Morgan fingerprint density at radius 3 is 2.54 bits per heavy atom. The van der Waals surface area contributed by atoms with Crippen LogP contribution in [0.2, 0.25) is 0 Å². The Morgan fingerprint density at radius 2 is 1.88 bits per heavy atom. The van der Waals surface area contributed by atoms with Crippen molar-refractivity contribution in [2.24, 2.45) is 4.99 Å². The van der Waals surface area contributed by atoms with Crippen LogP contribution in [0.3, 0.4) is 0 Å². The van der Waals surface area contributed by atoms with E-state index in [1.807, 2.05) is 45.2 Å². The summed E-state index contributed by atoms with van der Waals surface area (Å²) in [4.78, 5) is 16.7. The van der Waals surface area contributed by atoms with E-state index in [-0.39, 0.29) is 17.3 Å². The number of aliphatic imine (C=N–C) groups is 1. The van der Waals surface area contributed by atoms with Gasteiger partial charge in [0.25, 0.3) is 5.91 Å². The van der Waals surface area contributed by atoms with Crippen LogP contribution >= 0.6 is 56.9 Å². The molecule has 2 N–H and O–H groups in total. The molecule has 0 spiro atoms. The SMILES string of the molecule is O=C1NC(=Nc2ccccc2F)S/C1=C\c1cc(I)c(O)c(I)c1. The van der Waals surface area contributed by atoms with Gasteiger partial charge in [-0.1, -0.05) is 12.1 Å². The van der Waals surface area contributed by atoms with Crippen LogP contribution in [0.15, 0.2) is 46.3 Å². The maximum absolute atomic E-state index is 13.6. The Hall–Kier alpha value is -1.14. The number of nitrogens with one attached hydrogen (secondary N) is 1. The van der Waals surface area contributed by atoms with Crippen molar-refractivity contribution in [2.75, 3.05) is 0 Å². The van der Waals surface area contributed by atoms with E-state index in [0.29, 0.717) is 17.2 Å². The van der Waals surface area contributed by atoms with Crippen molar-refractivity contribution in [3.63, 3.8) is 0 Å². The molecule has 0 radical (unpaired) electrons. The summed E-state index contributed by atoms with van der Waals surface area (Å²) in [6.07, 6.45) is 1.72. The van der Waals surface area contributed by atoms with Crippen LogP contribution in [0.25, 0.3) is 6.08 Å². The Bertz CT molecular complexity index is 876. The van der Waals surface area contributed by atoms with Crippen molar-refractivity contribution < 1.29 is 14.3 Å². The van der Waals surface area contributed by atoms with E-state index >= 15 is 0 Å². The number of carbonyl (C=O) groups excluding carboxylic acids is 1. The highest BCUT2D eigenvalue weighted by atomic mass is 127. The van der Waals surface area contributed by atoms with Gasteiger partial charge in [0.1, 0.15) is 17.3 Å². The van der Waals surface area contributed by atoms with Gasteiger partial charge >= 0.3 is 0 Å². The highest BCUT2D eigenvalue weighted by molar-refractivity contribution is 14.1. The zero-order valence-corrected chi connectivity index (χ0v) is 17.0. The average Bonchev–Trinajstić information content (AvgIpc) is 2.87. The molecule has 0 unspecified atom stereocenters. The lowest BCUT2D eigenvalue weighted by Gasteiger charge is -2.02. The minimum Gasteiger partial charge on any atom is -0.506 e. The fraction of sp³-hybridized carbons (Fsp3) is 0.